The van der Waals surface area contributed by atoms with Gasteiger partial charge in [0.05, 0.1) is 19.2 Å². The molecule has 1 saturated heterocycles. The summed E-state index contributed by atoms with van der Waals surface area (Å²) in [5.74, 6) is 1.69. The highest BCUT2D eigenvalue weighted by Gasteiger charge is 2.20. The standard InChI is InChI=1S/C25H28N2O2/c28-25(17-20-8-10-23(11-9-20)22-5-2-1-3-6-22)26-18-21-12-14-27(15-13-21)19-24-7-4-16-29-24/h1-11,16,21H,12-15,17-19H2,(H,26,28). The van der Waals surface area contributed by atoms with Crippen LogP contribution in [0.1, 0.15) is 24.2 Å². The lowest BCUT2D eigenvalue weighted by molar-refractivity contribution is -0.120. The summed E-state index contributed by atoms with van der Waals surface area (Å²) in [4.78, 5) is 14.8. The minimum atomic E-state index is 0.107. The molecule has 29 heavy (non-hydrogen) atoms. The predicted molar refractivity (Wildman–Crippen MR) is 115 cm³/mol. The van der Waals surface area contributed by atoms with Gasteiger partial charge in [-0.15, -0.1) is 0 Å². The van der Waals surface area contributed by atoms with E-state index in [9.17, 15) is 4.79 Å². The predicted octanol–water partition coefficient (Wildman–Crippen LogP) is 4.52. The van der Waals surface area contributed by atoms with Crippen LogP contribution in [0.3, 0.4) is 0 Å². The van der Waals surface area contributed by atoms with E-state index < -0.39 is 0 Å². The van der Waals surface area contributed by atoms with Crippen LogP contribution in [0.5, 0.6) is 0 Å². The summed E-state index contributed by atoms with van der Waals surface area (Å²) in [7, 11) is 0. The molecule has 1 aromatic heterocycles. The Bertz CT molecular complexity index is 880. The molecule has 0 bridgehead atoms. The molecular formula is C25H28N2O2. The Kier molecular flexibility index (Phi) is 6.42. The largest absolute Gasteiger partial charge is 0.468 e. The minimum Gasteiger partial charge on any atom is -0.468 e. The number of furan rings is 1. The molecule has 0 aliphatic carbocycles. The van der Waals surface area contributed by atoms with Gasteiger partial charge in [0.25, 0.3) is 0 Å². The topological polar surface area (TPSA) is 45.5 Å². The van der Waals surface area contributed by atoms with Crippen LogP contribution >= 0.6 is 0 Å². The van der Waals surface area contributed by atoms with Crippen molar-refractivity contribution in [3.8, 4) is 11.1 Å². The number of nitrogens with zero attached hydrogens (tertiary/aromatic N) is 1. The van der Waals surface area contributed by atoms with Crippen LogP contribution < -0.4 is 5.32 Å². The maximum absolute atomic E-state index is 12.4. The summed E-state index contributed by atoms with van der Waals surface area (Å²) in [6, 6.07) is 22.5. The zero-order valence-electron chi connectivity index (χ0n) is 16.7. The van der Waals surface area contributed by atoms with Crippen molar-refractivity contribution < 1.29 is 9.21 Å². The normalized spacial score (nSPS) is 15.3. The first-order valence-corrected chi connectivity index (χ1v) is 10.4. The highest BCUT2D eigenvalue weighted by molar-refractivity contribution is 5.78. The molecule has 2 aromatic carbocycles. The van der Waals surface area contributed by atoms with Crippen LogP contribution in [-0.2, 0) is 17.8 Å². The van der Waals surface area contributed by atoms with Crippen molar-refractivity contribution in [3.05, 3.63) is 84.3 Å². The maximum atomic E-state index is 12.4. The maximum Gasteiger partial charge on any atom is 0.224 e. The smallest absolute Gasteiger partial charge is 0.224 e. The van der Waals surface area contributed by atoms with E-state index in [0.717, 1.165) is 50.3 Å². The first-order valence-electron chi connectivity index (χ1n) is 10.4. The van der Waals surface area contributed by atoms with E-state index >= 15 is 0 Å². The number of likely N-dealkylation sites (tertiary alicyclic amines) is 1. The second kappa shape index (κ2) is 9.57. The van der Waals surface area contributed by atoms with E-state index in [4.69, 9.17) is 4.42 Å². The van der Waals surface area contributed by atoms with Crippen molar-refractivity contribution in [1.82, 2.24) is 10.2 Å². The Morgan fingerprint density at radius 2 is 1.66 bits per heavy atom. The molecule has 3 aromatic rings. The van der Waals surface area contributed by atoms with Gasteiger partial charge in [0.1, 0.15) is 5.76 Å². The van der Waals surface area contributed by atoms with Gasteiger partial charge in [-0.3, -0.25) is 9.69 Å². The molecule has 1 aliphatic heterocycles. The zero-order chi connectivity index (χ0) is 19.9. The molecule has 0 spiro atoms. The minimum absolute atomic E-state index is 0.107. The average Bonchev–Trinajstić information content (AvgIpc) is 3.27. The molecular weight excluding hydrogens is 360 g/mol. The van der Waals surface area contributed by atoms with Crippen molar-refractivity contribution >= 4 is 5.91 Å². The molecule has 1 N–H and O–H groups in total. The number of hydrogen-bond acceptors (Lipinski definition) is 3. The van der Waals surface area contributed by atoms with E-state index in [1.165, 1.54) is 11.1 Å². The van der Waals surface area contributed by atoms with Crippen molar-refractivity contribution in [2.75, 3.05) is 19.6 Å². The molecule has 4 rings (SSSR count). The lowest BCUT2D eigenvalue weighted by Crippen LogP contribution is -2.38. The zero-order valence-corrected chi connectivity index (χ0v) is 16.7. The molecule has 1 fully saturated rings. The summed E-state index contributed by atoms with van der Waals surface area (Å²) in [5, 5.41) is 3.13. The summed E-state index contributed by atoms with van der Waals surface area (Å²) in [5.41, 5.74) is 3.42. The molecule has 2 heterocycles. The number of piperidine rings is 1. The van der Waals surface area contributed by atoms with Crippen molar-refractivity contribution in [2.45, 2.75) is 25.8 Å². The summed E-state index contributed by atoms with van der Waals surface area (Å²) >= 11 is 0. The van der Waals surface area contributed by atoms with Gasteiger partial charge < -0.3 is 9.73 Å². The van der Waals surface area contributed by atoms with Gasteiger partial charge in [0.2, 0.25) is 5.91 Å². The number of hydrogen-bond donors (Lipinski definition) is 1. The average molecular weight is 389 g/mol. The molecule has 1 amide bonds. The summed E-state index contributed by atoms with van der Waals surface area (Å²) < 4.78 is 5.43. The van der Waals surface area contributed by atoms with Gasteiger partial charge in [-0.2, -0.15) is 0 Å². The SMILES string of the molecule is O=C(Cc1ccc(-c2ccccc2)cc1)NCC1CCN(Cc2ccco2)CC1. The molecule has 0 atom stereocenters. The number of amides is 1. The van der Waals surface area contributed by atoms with E-state index in [-0.39, 0.29) is 5.91 Å². The highest BCUT2D eigenvalue weighted by atomic mass is 16.3. The van der Waals surface area contributed by atoms with Gasteiger partial charge >= 0.3 is 0 Å². The van der Waals surface area contributed by atoms with Crippen molar-refractivity contribution in [1.29, 1.82) is 0 Å². The number of rotatable bonds is 7. The second-order valence-electron chi connectivity index (χ2n) is 7.84. The van der Waals surface area contributed by atoms with Crippen LogP contribution in [0.15, 0.2) is 77.4 Å². The van der Waals surface area contributed by atoms with E-state index in [1.807, 2.05) is 30.3 Å². The Morgan fingerprint density at radius 1 is 0.931 bits per heavy atom. The molecule has 0 radical (unpaired) electrons. The Hall–Kier alpha value is -2.85. The summed E-state index contributed by atoms with van der Waals surface area (Å²) in [6.45, 7) is 3.77. The second-order valence-corrected chi connectivity index (χ2v) is 7.84. The number of nitrogens with one attached hydrogen (secondary N) is 1. The third-order valence-electron chi connectivity index (χ3n) is 5.68. The number of benzene rings is 2. The van der Waals surface area contributed by atoms with E-state index in [2.05, 4.69) is 46.6 Å². The van der Waals surface area contributed by atoms with Crippen LogP contribution in [0.25, 0.3) is 11.1 Å². The van der Waals surface area contributed by atoms with Crippen LogP contribution in [0.4, 0.5) is 0 Å². The van der Waals surface area contributed by atoms with E-state index in [0.29, 0.717) is 12.3 Å². The lowest BCUT2D eigenvalue weighted by atomic mass is 9.96. The van der Waals surface area contributed by atoms with Crippen LogP contribution in [0.2, 0.25) is 0 Å². The van der Waals surface area contributed by atoms with E-state index in [1.54, 1.807) is 6.26 Å². The number of carbonyl (C=O) groups excluding carboxylic acids is 1. The Balaban J connectivity index is 1.19. The quantitative estimate of drug-likeness (QED) is 0.647. The van der Waals surface area contributed by atoms with Crippen LogP contribution in [0, 0.1) is 5.92 Å². The fourth-order valence-corrected chi connectivity index (χ4v) is 3.92. The summed E-state index contributed by atoms with van der Waals surface area (Å²) in [6.07, 6.45) is 4.40. The van der Waals surface area contributed by atoms with Gasteiger partial charge in [-0.1, -0.05) is 54.6 Å². The molecule has 4 heteroatoms. The van der Waals surface area contributed by atoms with Crippen LogP contribution in [-0.4, -0.2) is 30.4 Å². The third kappa shape index (κ3) is 5.58. The van der Waals surface area contributed by atoms with Gasteiger partial charge in [0.15, 0.2) is 0 Å². The molecule has 1 aliphatic rings. The fraction of sp³-hybridized carbons (Fsp3) is 0.320. The third-order valence-corrected chi connectivity index (χ3v) is 5.68. The molecule has 4 nitrogen and oxygen atoms in total. The monoisotopic (exact) mass is 388 g/mol. The Morgan fingerprint density at radius 3 is 2.34 bits per heavy atom. The first-order chi connectivity index (χ1) is 14.3. The van der Waals surface area contributed by atoms with Gasteiger partial charge in [-0.05, 0) is 60.7 Å². The fourth-order valence-electron chi connectivity index (χ4n) is 3.92. The van der Waals surface area contributed by atoms with Crippen molar-refractivity contribution in [3.63, 3.8) is 0 Å². The highest BCUT2D eigenvalue weighted by Crippen LogP contribution is 2.20. The van der Waals surface area contributed by atoms with Crippen molar-refractivity contribution in [2.24, 2.45) is 5.92 Å². The van der Waals surface area contributed by atoms with Gasteiger partial charge in [0, 0.05) is 6.54 Å². The first kappa shape index (κ1) is 19.5. The molecule has 0 unspecified atom stereocenters. The number of carbonyl (C=O) groups is 1. The Labute approximate surface area is 172 Å². The lowest BCUT2D eigenvalue weighted by Gasteiger charge is -2.31. The molecule has 0 saturated carbocycles. The molecule has 150 valence electrons. The van der Waals surface area contributed by atoms with Gasteiger partial charge in [-0.25, -0.2) is 0 Å².